The molecule has 0 radical (unpaired) electrons. The highest BCUT2D eigenvalue weighted by atomic mass is 31.2. The summed E-state index contributed by atoms with van der Waals surface area (Å²) in [5.74, 6) is -0.808. The van der Waals surface area contributed by atoms with Gasteiger partial charge in [0, 0.05) is 12.8 Å². The van der Waals surface area contributed by atoms with Gasteiger partial charge in [-0.1, -0.05) is 384 Å². The minimum Gasteiger partial charge on any atom is -0.462 e. The maximum atomic E-state index is 12.9. The van der Waals surface area contributed by atoms with Crippen LogP contribution in [-0.4, -0.2) is 74.9 Å². The molecule has 0 aromatic heterocycles. The fourth-order valence-corrected chi connectivity index (χ4v) is 12.6. The molecule has 0 aliphatic rings. The van der Waals surface area contributed by atoms with Crippen LogP contribution < -0.4 is 0 Å². The van der Waals surface area contributed by atoms with E-state index in [2.05, 4.69) is 160 Å². The monoisotopic (exact) mass is 1440 g/mol. The molecule has 2 unspecified atom stereocenters. The Morgan fingerprint density at radius 1 is 0.314 bits per heavy atom. The van der Waals surface area contributed by atoms with Gasteiger partial charge in [0.25, 0.3) is 0 Å². The number of hydrogen-bond donors (Lipinski definition) is 1. The SMILES string of the molecule is CC/C=C\C/C=C\C/C=C\C/C=C\C/C=C\C/C=C\C/C=C\C/C=C\C/C=C\C/C=C\CCCCCCCCC(=O)OC(COC(=O)CCCCCCCCCCCCCCCCCCCCCCCCCCCCCCC/C=C\C/C=C\CCCCCCC)COP(=O)(O)OCC[N+](C)(C)C. The van der Waals surface area contributed by atoms with Crippen molar-refractivity contribution in [2.45, 2.75) is 380 Å². The summed E-state index contributed by atoms with van der Waals surface area (Å²) in [4.78, 5) is 36.0. The van der Waals surface area contributed by atoms with E-state index >= 15 is 0 Å². The van der Waals surface area contributed by atoms with Gasteiger partial charge in [-0.05, 0) is 122 Å². The molecule has 1 N–H and O–H groups in total. The molecule has 0 fully saturated rings. The van der Waals surface area contributed by atoms with Gasteiger partial charge in [-0.25, -0.2) is 4.57 Å². The van der Waals surface area contributed by atoms with Gasteiger partial charge in [-0.15, -0.1) is 0 Å². The third-order valence-corrected chi connectivity index (χ3v) is 19.3. The first-order chi connectivity index (χ1) is 50.0. The van der Waals surface area contributed by atoms with Gasteiger partial charge in [0.05, 0.1) is 27.7 Å². The number of hydrogen-bond acceptors (Lipinski definition) is 7. The highest BCUT2D eigenvalue weighted by Crippen LogP contribution is 2.43. The molecular weight excluding hydrogens is 1280 g/mol. The summed E-state index contributed by atoms with van der Waals surface area (Å²) in [5, 5.41) is 0. The number of ether oxygens (including phenoxy) is 2. The van der Waals surface area contributed by atoms with Crippen molar-refractivity contribution in [3.8, 4) is 0 Å². The Kier molecular flexibility index (Phi) is 77.7. The van der Waals surface area contributed by atoms with E-state index in [1.54, 1.807) is 0 Å². The van der Waals surface area contributed by atoms with Crippen LogP contribution in [0.2, 0.25) is 0 Å². The van der Waals surface area contributed by atoms with E-state index in [0.29, 0.717) is 17.4 Å². The molecule has 0 saturated heterocycles. The van der Waals surface area contributed by atoms with Gasteiger partial charge in [0.15, 0.2) is 6.10 Å². The van der Waals surface area contributed by atoms with Crippen LogP contribution in [0.3, 0.4) is 0 Å². The smallest absolute Gasteiger partial charge is 0.462 e. The molecule has 0 rings (SSSR count). The molecule has 0 spiro atoms. The van der Waals surface area contributed by atoms with Gasteiger partial charge in [-0.3, -0.25) is 18.6 Å². The van der Waals surface area contributed by atoms with E-state index in [1.165, 1.54) is 212 Å². The molecule has 0 saturated carbocycles. The zero-order valence-corrected chi connectivity index (χ0v) is 68.0. The molecule has 0 aliphatic carbocycles. The number of quaternary nitrogens is 1. The number of carbonyl (C=O) groups excluding carboxylic acids is 2. The average Bonchev–Trinajstić information content (AvgIpc) is 0.913. The Balaban J connectivity index is 3.98. The van der Waals surface area contributed by atoms with Crippen LogP contribution in [0.5, 0.6) is 0 Å². The Morgan fingerprint density at radius 2 is 0.559 bits per heavy atom. The molecule has 9 nitrogen and oxygen atoms in total. The Bertz CT molecular complexity index is 2240. The van der Waals surface area contributed by atoms with Crippen LogP contribution >= 0.6 is 7.82 Å². The summed E-state index contributed by atoms with van der Waals surface area (Å²) in [6, 6.07) is 0. The molecular formula is C92H161NO8P+. The molecule has 102 heavy (non-hydrogen) atoms. The van der Waals surface area contributed by atoms with Crippen molar-refractivity contribution in [2.24, 2.45) is 0 Å². The number of allylic oxidation sites excluding steroid dienone is 24. The third-order valence-electron chi connectivity index (χ3n) is 18.4. The van der Waals surface area contributed by atoms with Crippen LogP contribution in [0.15, 0.2) is 146 Å². The van der Waals surface area contributed by atoms with Gasteiger partial charge in [-0.2, -0.15) is 0 Å². The molecule has 0 bridgehead atoms. The van der Waals surface area contributed by atoms with Crippen molar-refractivity contribution in [1.29, 1.82) is 0 Å². The average molecular weight is 1440 g/mol. The highest BCUT2D eigenvalue weighted by molar-refractivity contribution is 7.47. The lowest BCUT2D eigenvalue weighted by Crippen LogP contribution is -2.37. The molecule has 586 valence electrons. The predicted octanol–water partition coefficient (Wildman–Crippen LogP) is 28.8. The molecule has 2 atom stereocenters. The van der Waals surface area contributed by atoms with Gasteiger partial charge in [0.1, 0.15) is 19.8 Å². The molecule has 10 heteroatoms. The summed E-state index contributed by atoms with van der Waals surface area (Å²) < 4.78 is 34.8. The second-order valence-corrected chi connectivity index (χ2v) is 30.9. The molecule has 0 amide bonds. The van der Waals surface area contributed by atoms with Gasteiger partial charge >= 0.3 is 19.8 Å². The minimum absolute atomic E-state index is 0.0234. The number of rotatable bonds is 78. The number of esters is 2. The number of unbranched alkanes of at least 4 members (excludes halogenated alkanes) is 40. The van der Waals surface area contributed by atoms with Crippen LogP contribution in [0.4, 0.5) is 0 Å². The Labute approximate surface area is 631 Å². The summed E-state index contributed by atoms with van der Waals surface area (Å²) in [7, 11) is 1.46. The quantitative estimate of drug-likeness (QED) is 0.0211. The van der Waals surface area contributed by atoms with Crippen molar-refractivity contribution in [2.75, 3.05) is 47.5 Å². The van der Waals surface area contributed by atoms with Crippen molar-refractivity contribution in [1.82, 2.24) is 0 Å². The maximum Gasteiger partial charge on any atom is 0.472 e. The number of phosphoric ester groups is 1. The van der Waals surface area contributed by atoms with E-state index < -0.39 is 26.5 Å². The Hall–Kier alpha value is -4.11. The molecule has 0 aromatic carbocycles. The standard InChI is InChI=1S/C92H160NO8P/c1-6-8-10-12-14-16-18-20-22-24-26-28-30-32-34-36-38-40-42-44-45-46-47-49-50-52-54-56-58-60-62-64-66-68-70-72-74-76-78-80-82-84-91(94)98-88-90(89-100-102(96,97)99-87-86-93(3,4)5)101-92(95)85-83-81-79-77-75-73-71-69-67-65-63-61-59-57-55-53-51-48-43-41-39-37-35-33-31-29-27-25-23-21-19-17-15-13-11-9-7-2/h9,11,15,17-18,20-21,23-24,26-27,29,33,35,39,41,48,51,55,57,61,63,67,69,90H,6-8,10,12-14,16,19,22,25,28,30-32,34,36-38,40,42-47,49-50,52-54,56,58-60,62,64-66,68,70-89H2,1-5H3/p+1/b11-9-,17-15-,20-18-,23-21-,26-24-,29-27-,35-33-,41-39-,51-48-,57-55-,63-61-,69-67-. The van der Waals surface area contributed by atoms with Crippen LogP contribution in [-0.2, 0) is 32.7 Å². The first-order valence-electron chi connectivity index (χ1n) is 42.6. The first kappa shape index (κ1) is 97.9. The summed E-state index contributed by atoms with van der Waals surface area (Å²) in [6.07, 6.45) is 120. The predicted molar refractivity (Wildman–Crippen MR) is 445 cm³/mol. The van der Waals surface area contributed by atoms with Crippen LogP contribution in [0.25, 0.3) is 0 Å². The molecule has 0 heterocycles. The van der Waals surface area contributed by atoms with E-state index in [-0.39, 0.29) is 32.0 Å². The number of nitrogens with zero attached hydrogens (tertiary/aromatic N) is 1. The summed E-state index contributed by atoms with van der Waals surface area (Å²) in [6.45, 7) is 4.32. The normalized spacial score (nSPS) is 13.7. The highest BCUT2D eigenvalue weighted by Gasteiger charge is 2.27. The van der Waals surface area contributed by atoms with Crippen molar-refractivity contribution >= 4 is 19.8 Å². The van der Waals surface area contributed by atoms with Crippen molar-refractivity contribution in [3.63, 3.8) is 0 Å². The minimum atomic E-state index is -4.41. The van der Waals surface area contributed by atoms with E-state index in [4.69, 9.17) is 18.5 Å². The fourth-order valence-electron chi connectivity index (χ4n) is 11.9. The van der Waals surface area contributed by atoms with E-state index in [9.17, 15) is 19.0 Å². The lowest BCUT2D eigenvalue weighted by Gasteiger charge is -2.24. The molecule has 0 aromatic rings. The second-order valence-electron chi connectivity index (χ2n) is 29.5. The zero-order chi connectivity index (χ0) is 74.0. The third kappa shape index (κ3) is 84.8. The van der Waals surface area contributed by atoms with E-state index in [0.717, 1.165) is 128 Å². The van der Waals surface area contributed by atoms with Crippen LogP contribution in [0.1, 0.15) is 373 Å². The fraction of sp³-hybridized carbons (Fsp3) is 0.717. The maximum absolute atomic E-state index is 12.9. The number of likely N-dealkylation sites (N-methyl/N-ethyl adjacent to an activating group) is 1. The number of phosphoric acid groups is 1. The molecule has 0 aliphatic heterocycles. The van der Waals surface area contributed by atoms with Crippen LogP contribution in [0, 0.1) is 0 Å². The lowest BCUT2D eigenvalue weighted by molar-refractivity contribution is -0.870. The summed E-state index contributed by atoms with van der Waals surface area (Å²) in [5.41, 5.74) is 0. The van der Waals surface area contributed by atoms with Gasteiger partial charge in [0.2, 0.25) is 0 Å². The van der Waals surface area contributed by atoms with E-state index in [1.807, 2.05) is 21.1 Å². The van der Waals surface area contributed by atoms with Crippen molar-refractivity contribution < 1.29 is 42.1 Å². The first-order valence-corrected chi connectivity index (χ1v) is 44.1. The lowest BCUT2D eigenvalue weighted by atomic mass is 10.0. The van der Waals surface area contributed by atoms with Gasteiger partial charge < -0.3 is 18.9 Å². The largest absolute Gasteiger partial charge is 0.472 e. The van der Waals surface area contributed by atoms with Crippen molar-refractivity contribution in [3.05, 3.63) is 146 Å². The topological polar surface area (TPSA) is 108 Å². The summed E-state index contributed by atoms with van der Waals surface area (Å²) >= 11 is 0. The second kappa shape index (κ2) is 81.0. The number of carbonyl (C=O) groups is 2. The Morgan fingerprint density at radius 3 is 0.833 bits per heavy atom. The zero-order valence-electron chi connectivity index (χ0n) is 67.1.